The number of rotatable bonds is 6. The molecule has 5 rings (SSSR count). The van der Waals surface area contributed by atoms with Crippen molar-refractivity contribution in [2.24, 2.45) is 0 Å². The molecule has 8 heteroatoms. The van der Waals surface area contributed by atoms with Gasteiger partial charge in [0.05, 0.1) is 24.5 Å². The number of carbonyl (C=O) groups is 1. The number of carbonyl (C=O) groups excluding carboxylic acids is 1. The highest BCUT2D eigenvalue weighted by molar-refractivity contribution is 7.22. The van der Waals surface area contributed by atoms with Crippen molar-refractivity contribution in [3.8, 4) is 17.2 Å². The Labute approximate surface area is 183 Å². The van der Waals surface area contributed by atoms with Crippen LogP contribution in [0.3, 0.4) is 0 Å². The van der Waals surface area contributed by atoms with Crippen LogP contribution in [0.1, 0.15) is 18.4 Å². The Balaban J connectivity index is 1.43. The number of fused-ring (bicyclic) bond motifs is 2. The normalized spacial score (nSPS) is 17.5. The number of hydrogen-bond donors (Lipinski definition) is 0. The van der Waals surface area contributed by atoms with Gasteiger partial charge in [-0.1, -0.05) is 23.5 Å². The average molecular weight is 439 g/mol. The van der Waals surface area contributed by atoms with E-state index in [1.807, 2.05) is 36.4 Å². The zero-order valence-corrected chi connectivity index (χ0v) is 17.9. The topological polar surface area (TPSA) is 70.1 Å². The van der Waals surface area contributed by atoms with E-state index in [9.17, 15) is 4.79 Å². The van der Waals surface area contributed by atoms with Crippen LogP contribution >= 0.6 is 11.3 Å². The smallest absolute Gasteiger partial charge is 0.252 e. The summed E-state index contributed by atoms with van der Waals surface area (Å²) in [4.78, 5) is 19.7. The average Bonchev–Trinajstić information content (AvgIpc) is 3.55. The van der Waals surface area contributed by atoms with E-state index in [2.05, 4.69) is 0 Å². The molecule has 1 aromatic heterocycles. The van der Waals surface area contributed by atoms with Crippen LogP contribution < -0.4 is 19.1 Å². The molecule has 0 saturated carbocycles. The predicted molar refractivity (Wildman–Crippen MR) is 119 cm³/mol. The fourth-order valence-corrected chi connectivity index (χ4v) is 4.72. The minimum absolute atomic E-state index is 0.0109. The van der Waals surface area contributed by atoms with Gasteiger partial charge in [-0.25, -0.2) is 4.98 Å². The minimum Gasteiger partial charge on any atom is -0.494 e. The quantitative estimate of drug-likeness (QED) is 0.536. The molecule has 2 aliphatic rings. The fourth-order valence-electron chi connectivity index (χ4n) is 3.72. The van der Waals surface area contributed by atoms with E-state index in [0.717, 1.165) is 35.2 Å². The van der Waals surface area contributed by atoms with E-state index < -0.39 is 0 Å². The minimum atomic E-state index is -0.147. The van der Waals surface area contributed by atoms with Crippen molar-refractivity contribution in [2.75, 3.05) is 32.0 Å². The first-order valence-corrected chi connectivity index (χ1v) is 11.0. The summed E-state index contributed by atoms with van der Waals surface area (Å²) in [6.07, 6.45) is 5.30. The zero-order chi connectivity index (χ0) is 21.2. The van der Waals surface area contributed by atoms with Crippen LogP contribution in [-0.2, 0) is 9.53 Å². The summed E-state index contributed by atoms with van der Waals surface area (Å²) in [5, 5.41) is 0.635. The molecular weight excluding hydrogens is 416 g/mol. The number of para-hydroxylation sites is 1. The summed E-state index contributed by atoms with van der Waals surface area (Å²) in [5.74, 6) is 1.95. The number of ether oxygens (including phenoxy) is 4. The molecule has 0 N–H and O–H groups in total. The molecule has 1 fully saturated rings. The van der Waals surface area contributed by atoms with E-state index in [1.54, 1.807) is 24.2 Å². The van der Waals surface area contributed by atoms with Gasteiger partial charge in [0.1, 0.15) is 11.3 Å². The molecule has 3 heterocycles. The van der Waals surface area contributed by atoms with Crippen LogP contribution in [0.5, 0.6) is 17.2 Å². The lowest BCUT2D eigenvalue weighted by Crippen LogP contribution is -2.36. The Bertz CT molecular complexity index is 1140. The van der Waals surface area contributed by atoms with Crippen LogP contribution in [-0.4, -0.2) is 44.0 Å². The number of anilines is 1. The van der Waals surface area contributed by atoms with E-state index in [0.29, 0.717) is 28.9 Å². The molecule has 0 bridgehead atoms. The molecule has 2 aliphatic heterocycles. The highest BCUT2D eigenvalue weighted by atomic mass is 32.1. The molecule has 1 atom stereocenters. The Hall–Kier alpha value is -3.10. The van der Waals surface area contributed by atoms with Crippen LogP contribution in [0.25, 0.3) is 16.3 Å². The van der Waals surface area contributed by atoms with Gasteiger partial charge >= 0.3 is 0 Å². The number of methoxy groups -OCH3 is 1. The third-order valence-electron chi connectivity index (χ3n) is 5.31. The SMILES string of the molecule is COc1cccc2sc(N(C[C@@H]3CCCO3)C(=O)/C=C/c3ccc4c(c3)OCO4)nc12. The van der Waals surface area contributed by atoms with Crippen LogP contribution in [0.4, 0.5) is 5.13 Å². The van der Waals surface area contributed by atoms with Crippen molar-refractivity contribution in [1.82, 2.24) is 4.98 Å². The van der Waals surface area contributed by atoms with Crippen molar-refractivity contribution in [3.05, 3.63) is 48.0 Å². The Morgan fingerprint density at radius 2 is 2.19 bits per heavy atom. The molecule has 0 unspecified atom stereocenters. The molecule has 1 saturated heterocycles. The summed E-state index contributed by atoms with van der Waals surface area (Å²) in [6, 6.07) is 11.4. The van der Waals surface area contributed by atoms with Gasteiger partial charge in [0.2, 0.25) is 6.79 Å². The van der Waals surface area contributed by atoms with Crippen molar-refractivity contribution in [2.45, 2.75) is 18.9 Å². The first-order valence-electron chi connectivity index (χ1n) is 10.2. The molecule has 0 aliphatic carbocycles. The van der Waals surface area contributed by atoms with Gasteiger partial charge in [-0.15, -0.1) is 0 Å². The third-order valence-corrected chi connectivity index (χ3v) is 6.36. The second-order valence-corrected chi connectivity index (χ2v) is 8.34. The zero-order valence-electron chi connectivity index (χ0n) is 17.1. The van der Waals surface area contributed by atoms with Crippen LogP contribution in [0, 0.1) is 0 Å². The Morgan fingerprint density at radius 3 is 3.03 bits per heavy atom. The van der Waals surface area contributed by atoms with Crippen molar-refractivity contribution in [1.29, 1.82) is 0 Å². The number of amides is 1. The lowest BCUT2D eigenvalue weighted by molar-refractivity contribution is -0.114. The second-order valence-electron chi connectivity index (χ2n) is 7.33. The summed E-state index contributed by atoms with van der Waals surface area (Å²) in [7, 11) is 1.62. The largest absolute Gasteiger partial charge is 0.494 e. The summed E-state index contributed by atoms with van der Waals surface area (Å²) in [6.45, 7) is 1.41. The van der Waals surface area contributed by atoms with Crippen molar-refractivity contribution >= 4 is 38.7 Å². The lowest BCUT2D eigenvalue weighted by atomic mass is 10.2. The molecule has 3 aromatic rings. The standard InChI is InChI=1S/C23H22N2O5S/c1-27-18-5-2-6-20-22(18)24-23(31-20)25(13-16-4-3-11-28-16)21(26)10-8-15-7-9-17-19(12-15)30-14-29-17/h2,5-10,12,16H,3-4,11,13-14H2,1H3/b10-8+/t16-/m0/s1. The number of thiazole rings is 1. The molecule has 7 nitrogen and oxygen atoms in total. The predicted octanol–water partition coefficient (Wildman–Crippen LogP) is 4.26. The molecule has 0 radical (unpaired) electrons. The Kier molecular flexibility index (Phi) is 5.48. The van der Waals surface area contributed by atoms with Crippen LogP contribution in [0.15, 0.2) is 42.5 Å². The fraction of sp³-hybridized carbons (Fsp3) is 0.304. The summed E-state index contributed by atoms with van der Waals surface area (Å²) >= 11 is 1.47. The van der Waals surface area contributed by atoms with Crippen LogP contribution in [0.2, 0.25) is 0 Å². The highest BCUT2D eigenvalue weighted by Crippen LogP contribution is 2.35. The van der Waals surface area contributed by atoms with Gasteiger partial charge in [-0.05, 0) is 48.7 Å². The van der Waals surface area contributed by atoms with E-state index in [1.165, 1.54) is 11.3 Å². The molecule has 1 amide bonds. The van der Waals surface area contributed by atoms with Crippen molar-refractivity contribution in [3.63, 3.8) is 0 Å². The first kappa shape index (κ1) is 19.8. The van der Waals surface area contributed by atoms with Gasteiger partial charge in [-0.3, -0.25) is 9.69 Å². The van der Waals surface area contributed by atoms with E-state index >= 15 is 0 Å². The molecule has 2 aromatic carbocycles. The molecule has 31 heavy (non-hydrogen) atoms. The number of hydrogen-bond acceptors (Lipinski definition) is 7. The Morgan fingerprint density at radius 1 is 1.29 bits per heavy atom. The monoisotopic (exact) mass is 438 g/mol. The first-order chi connectivity index (χ1) is 15.2. The molecule has 0 spiro atoms. The molecular formula is C23H22N2O5S. The molecule has 160 valence electrons. The lowest BCUT2D eigenvalue weighted by Gasteiger charge is -2.21. The van der Waals surface area contributed by atoms with E-state index in [4.69, 9.17) is 23.9 Å². The second kappa shape index (κ2) is 8.56. The van der Waals surface area contributed by atoms with E-state index in [-0.39, 0.29) is 18.8 Å². The van der Waals surface area contributed by atoms with Gasteiger partial charge < -0.3 is 18.9 Å². The maximum absolute atomic E-state index is 13.2. The number of benzene rings is 2. The van der Waals surface area contributed by atoms with Gasteiger partial charge in [0.25, 0.3) is 5.91 Å². The van der Waals surface area contributed by atoms with Gasteiger partial charge in [0.15, 0.2) is 16.6 Å². The summed E-state index contributed by atoms with van der Waals surface area (Å²) < 4.78 is 23.0. The summed E-state index contributed by atoms with van der Waals surface area (Å²) in [5.41, 5.74) is 1.62. The van der Waals surface area contributed by atoms with Gasteiger partial charge in [-0.2, -0.15) is 0 Å². The third kappa shape index (κ3) is 4.08. The van der Waals surface area contributed by atoms with Gasteiger partial charge in [0, 0.05) is 12.7 Å². The number of aromatic nitrogens is 1. The highest BCUT2D eigenvalue weighted by Gasteiger charge is 2.25. The maximum atomic E-state index is 13.2. The van der Waals surface area contributed by atoms with Crippen molar-refractivity contribution < 1.29 is 23.7 Å². The maximum Gasteiger partial charge on any atom is 0.252 e. The number of nitrogens with zero attached hydrogens (tertiary/aromatic N) is 2.